The molecule has 6 nitrogen and oxygen atoms in total. The highest BCUT2D eigenvalue weighted by Gasteiger charge is 2.41. The van der Waals surface area contributed by atoms with Crippen LogP contribution in [0.3, 0.4) is 0 Å². The molecule has 2 aromatic carbocycles. The molecule has 7 heteroatoms. The van der Waals surface area contributed by atoms with Crippen LogP contribution in [0.2, 0.25) is 0 Å². The first-order valence-electron chi connectivity index (χ1n) is 10.4. The van der Waals surface area contributed by atoms with Gasteiger partial charge in [0.05, 0.1) is 0 Å². The van der Waals surface area contributed by atoms with Crippen LogP contribution in [0.15, 0.2) is 48.5 Å². The van der Waals surface area contributed by atoms with E-state index in [9.17, 15) is 14.0 Å². The maximum atomic E-state index is 13.4. The molecular weight excluding hydrogens is 385 g/mol. The van der Waals surface area contributed by atoms with Crippen LogP contribution < -0.4 is 10.1 Å². The lowest BCUT2D eigenvalue weighted by Gasteiger charge is -2.40. The van der Waals surface area contributed by atoms with Gasteiger partial charge in [0.1, 0.15) is 11.6 Å². The molecule has 5 rings (SSSR count). The molecule has 2 amide bonds. The van der Waals surface area contributed by atoms with Crippen LogP contribution in [0, 0.1) is 5.82 Å². The number of carbonyl (C=O) groups excluding carboxylic acids is 2. The second-order valence-corrected chi connectivity index (χ2v) is 8.22. The van der Waals surface area contributed by atoms with Crippen LogP contribution in [-0.4, -0.2) is 66.0 Å². The van der Waals surface area contributed by atoms with Crippen molar-refractivity contribution >= 4 is 11.8 Å². The number of nitrogens with one attached hydrogen (secondary N) is 1. The van der Waals surface area contributed by atoms with E-state index in [2.05, 4.69) is 10.2 Å². The maximum Gasteiger partial charge on any atom is 0.261 e. The van der Waals surface area contributed by atoms with Crippen LogP contribution >= 0.6 is 0 Å². The molecule has 0 aliphatic carbocycles. The molecule has 0 saturated carbocycles. The molecule has 3 heterocycles. The molecule has 4 atom stereocenters. The van der Waals surface area contributed by atoms with E-state index < -0.39 is 6.10 Å². The zero-order valence-electron chi connectivity index (χ0n) is 16.6. The van der Waals surface area contributed by atoms with E-state index in [0.29, 0.717) is 30.8 Å². The molecule has 156 valence electrons. The van der Waals surface area contributed by atoms with Gasteiger partial charge in [0.15, 0.2) is 6.10 Å². The Hall–Kier alpha value is -2.93. The minimum Gasteiger partial charge on any atom is -0.480 e. The van der Waals surface area contributed by atoms with Gasteiger partial charge in [-0.2, -0.15) is 0 Å². The van der Waals surface area contributed by atoms with Gasteiger partial charge in [-0.15, -0.1) is 0 Å². The average Bonchev–Trinajstić information content (AvgIpc) is 3.38. The van der Waals surface area contributed by atoms with Crippen molar-refractivity contribution in [3.63, 3.8) is 0 Å². The summed E-state index contributed by atoms with van der Waals surface area (Å²) in [4.78, 5) is 30.0. The molecule has 2 aromatic rings. The predicted molar refractivity (Wildman–Crippen MR) is 109 cm³/mol. The van der Waals surface area contributed by atoms with Crippen molar-refractivity contribution in [1.82, 2.24) is 15.1 Å². The lowest BCUT2D eigenvalue weighted by molar-refractivity contribution is -0.127. The van der Waals surface area contributed by atoms with Crippen molar-refractivity contribution in [1.29, 1.82) is 0 Å². The summed E-state index contributed by atoms with van der Waals surface area (Å²) in [5.41, 5.74) is 1.42. The Morgan fingerprint density at radius 2 is 1.97 bits per heavy atom. The Labute approximate surface area is 174 Å². The number of piperazine rings is 1. The second kappa shape index (κ2) is 7.72. The Morgan fingerprint density at radius 1 is 1.13 bits per heavy atom. The van der Waals surface area contributed by atoms with Crippen molar-refractivity contribution in [2.75, 3.05) is 26.2 Å². The smallest absolute Gasteiger partial charge is 0.261 e. The molecule has 2 saturated heterocycles. The fourth-order valence-electron chi connectivity index (χ4n) is 4.73. The average molecular weight is 409 g/mol. The number of rotatable bonds is 4. The number of carbonyl (C=O) groups is 2. The van der Waals surface area contributed by atoms with E-state index in [0.717, 1.165) is 25.1 Å². The lowest BCUT2D eigenvalue weighted by Crippen LogP contribution is -2.58. The number of benzene rings is 2. The maximum absolute atomic E-state index is 13.4. The van der Waals surface area contributed by atoms with Gasteiger partial charge >= 0.3 is 0 Å². The summed E-state index contributed by atoms with van der Waals surface area (Å²) < 4.78 is 19.1. The van der Waals surface area contributed by atoms with Crippen LogP contribution in [0.4, 0.5) is 4.39 Å². The van der Waals surface area contributed by atoms with Gasteiger partial charge in [-0.05, 0) is 36.8 Å². The van der Waals surface area contributed by atoms with Crippen LogP contribution in [0.25, 0.3) is 0 Å². The van der Waals surface area contributed by atoms with E-state index in [4.69, 9.17) is 4.74 Å². The fourth-order valence-corrected chi connectivity index (χ4v) is 4.73. The van der Waals surface area contributed by atoms with Crippen molar-refractivity contribution in [3.05, 3.63) is 65.5 Å². The summed E-state index contributed by atoms with van der Waals surface area (Å²) in [7, 11) is 0. The SMILES string of the molecule is O=C(NC[C@H]1CN(C(=O)c2ccccc2)[C@H]2CCN1C2)[C@H]1Cc2cc(F)ccc2O1. The van der Waals surface area contributed by atoms with Crippen molar-refractivity contribution in [2.45, 2.75) is 31.0 Å². The molecule has 0 aromatic heterocycles. The van der Waals surface area contributed by atoms with E-state index in [-0.39, 0.29) is 29.7 Å². The topological polar surface area (TPSA) is 61.9 Å². The fraction of sp³-hybridized carbons (Fsp3) is 0.391. The predicted octanol–water partition coefficient (Wildman–Crippen LogP) is 1.84. The first-order valence-corrected chi connectivity index (χ1v) is 10.4. The summed E-state index contributed by atoms with van der Waals surface area (Å²) >= 11 is 0. The molecule has 0 radical (unpaired) electrons. The van der Waals surface area contributed by atoms with Crippen molar-refractivity contribution in [3.8, 4) is 5.75 Å². The minimum absolute atomic E-state index is 0.0510. The Kier molecular flexibility index (Phi) is 4.90. The highest BCUT2D eigenvalue weighted by molar-refractivity contribution is 5.94. The summed E-state index contributed by atoms with van der Waals surface area (Å²) in [6.45, 7) is 2.81. The second-order valence-electron chi connectivity index (χ2n) is 8.22. The summed E-state index contributed by atoms with van der Waals surface area (Å²) in [5.74, 6) is 0.0903. The van der Waals surface area contributed by atoms with Gasteiger partial charge in [0, 0.05) is 55.8 Å². The van der Waals surface area contributed by atoms with Gasteiger partial charge in [0.2, 0.25) is 0 Å². The van der Waals surface area contributed by atoms with E-state index in [1.807, 2.05) is 35.2 Å². The van der Waals surface area contributed by atoms with E-state index in [1.165, 1.54) is 12.1 Å². The molecule has 3 aliphatic rings. The van der Waals surface area contributed by atoms with Crippen LogP contribution in [0.1, 0.15) is 22.3 Å². The van der Waals surface area contributed by atoms with Gasteiger partial charge in [-0.1, -0.05) is 18.2 Å². The first-order chi connectivity index (χ1) is 14.6. The minimum atomic E-state index is -0.640. The molecule has 2 bridgehead atoms. The number of fused-ring (bicyclic) bond motifs is 3. The number of amides is 2. The molecule has 3 aliphatic heterocycles. The summed E-state index contributed by atoms with van der Waals surface area (Å²) in [6, 6.07) is 14.0. The normalized spacial score (nSPS) is 26.8. The van der Waals surface area contributed by atoms with Crippen molar-refractivity contribution in [2.24, 2.45) is 0 Å². The third kappa shape index (κ3) is 3.54. The Bertz CT molecular complexity index is 967. The molecule has 30 heavy (non-hydrogen) atoms. The number of halogens is 1. The van der Waals surface area contributed by atoms with E-state index >= 15 is 0 Å². The zero-order valence-corrected chi connectivity index (χ0v) is 16.6. The number of hydrogen-bond acceptors (Lipinski definition) is 4. The van der Waals surface area contributed by atoms with Gasteiger partial charge < -0.3 is 15.0 Å². The largest absolute Gasteiger partial charge is 0.480 e. The van der Waals surface area contributed by atoms with Gasteiger partial charge in [-0.25, -0.2) is 4.39 Å². The molecule has 1 unspecified atom stereocenters. The quantitative estimate of drug-likeness (QED) is 0.837. The van der Waals surface area contributed by atoms with Crippen molar-refractivity contribution < 1.29 is 18.7 Å². The number of ether oxygens (including phenoxy) is 1. The molecular formula is C23H24FN3O3. The molecule has 1 N–H and O–H groups in total. The van der Waals surface area contributed by atoms with Crippen LogP contribution in [-0.2, 0) is 11.2 Å². The summed E-state index contributed by atoms with van der Waals surface area (Å²) in [6.07, 6.45) is 0.683. The zero-order chi connectivity index (χ0) is 20.7. The Morgan fingerprint density at radius 3 is 2.80 bits per heavy atom. The third-order valence-corrected chi connectivity index (χ3v) is 6.34. The molecule has 0 spiro atoms. The Balaban J connectivity index is 1.21. The van der Waals surface area contributed by atoms with Gasteiger partial charge in [-0.3, -0.25) is 14.5 Å². The molecule has 2 fully saturated rings. The number of nitrogens with zero attached hydrogens (tertiary/aromatic N) is 2. The highest BCUT2D eigenvalue weighted by atomic mass is 19.1. The monoisotopic (exact) mass is 409 g/mol. The van der Waals surface area contributed by atoms with E-state index in [1.54, 1.807) is 6.07 Å². The lowest BCUT2D eigenvalue weighted by atomic mass is 10.1. The third-order valence-electron chi connectivity index (χ3n) is 6.34. The summed E-state index contributed by atoms with van der Waals surface area (Å²) in [5, 5.41) is 2.99. The van der Waals surface area contributed by atoms with Gasteiger partial charge in [0.25, 0.3) is 11.8 Å². The first kappa shape index (κ1) is 19.1. The highest BCUT2D eigenvalue weighted by Crippen LogP contribution is 2.30. The standard InChI is InChI=1S/C23H24FN3O3/c24-17-6-7-20-16(10-17)11-21(30-20)22(28)25-12-19-14-27(18-8-9-26(19)13-18)23(29)15-4-2-1-3-5-15/h1-7,10,18-19,21H,8-9,11-14H2,(H,25,28)/t18-,19-,21+/m0/s1. The van der Waals surface area contributed by atoms with Crippen LogP contribution in [0.5, 0.6) is 5.75 Å². The number of hydrogen-bond donors (Lipinski definition) is 1.